The minimum absolute atomic E-state index is 0.0376. The number of nitrogens with zero attached hydrogens (tertiary/aromatic N) is 1. The summed E-state index contributed by atoms with van der Waals surface area (Å²) in [6.07, 6.45) is 33.2. The molecule has 278 valence electrons. The number of likely N-dealkylation sites (N-methyl/N-ethyl adjacent to an activating group) is 1. The van der Waals surface area contributed by atoms with Crippen LogP contribution in [0.25, 0.3) is 0 Å². The van der Waals surface area contributed by atoms with E-state index in [9.17, 15) is 19.5 Å². The molecule has 0 fully saturated rings. The fraction of sp³-hybridized carbons (Fsp3) is 0.775. The maximum atomic E-state index is 12.6. The number of hydrogen-bond acceptors (Lipinski definition) is 7. The van der Waals surface area contributed by atoms with Crippen LogP contribution in [0.15, 0.2) is 36.5 Å². The summed E-state index contributed by atoms with van der Waals surface area (Å²) in [4.78, 5) is 36.5. The summed E-state index contributed by atoms with van der Waals surface area (Å²) in [6.45, 7) is 4.49. The van der Waals surface area contributed by atoms with E-state index in [1.165, 1.54) is 44.9 Å². The third kappa shape index (κ3) is 29.7. The minimum Gasteiger partial charge on any atom is -0.544 e. The number of carboxylic acid groups (broad SMARTS) is 1. The smallest absolute Gasteiger partial charge is 0.306 e. The highest BCUT2D eigenvalue weighted by Gasteiger charge is 2.25. The van der Waals surface area contributed by atoms with Crippen LogP contribution in [0.1, 0.15) is 149 Å². The molecule has 0 aliphatic heterocycles. The van der Waals surface area contributed by atoms with Crippen molar-refractivity contribution in [1.82, 2.24) is 0 Å². The number of ether oxygens (including phenoxy) is 3. The summed E-state index contributed by atoms with van der Waals surface area (Å²) in [7, 11) is 5.39. The molecule has 0 aromatic rings. The molecule has 0 aromatic carbocycles. The Balaban J connectivity index is 4.37. The number of unbranched alkanes of at least 4 members (excludes halogenated alkanes) is 13. The van der Waals surface area contributed by atoms with Gasteiger partial charge in [0.2, 0.25) is 0 Å². The zero-order valence-corrected chi connectivity index (χ0v) is 31.4. The molecule has 0 radical (unpaired) electrons. The lowest BCUT2D eigenvalue weighted by Crippen LogP contribution is -2.55. The molecule has 0 aromatic heterocycles. The molecule has 0 amide bonds. The fourth-order valence-electron chi connectivity index (χ4n) is 5.32. The first-order chi connectivity index (χ1) is 23.1. The fourth-order valence-corrected chi connectivity index (χ4v) is 5.32. The van der Waals surface area contributed by atoms with Crippen molar-refractivity contribution in [2.45, 2.75) is 161 Å². The molecular weight excluding hydrogens is 606 g/mol. The largest absolute Gasteiger partial charge is 0.544 e. The van der Waals surface area contributed by atoms with Crippen molar-refractivity contribution in [3.8, 4) is 0 Å². The van der Waals surface area contributed by atoms with Crippen molar-refractivity contribution in [1.29, 1.82) is 0 Å². The Morgan fingerprint density at radius 1 is 0.646 bits per heavy atom. The van der Waals surface area contributed by atoms with Gasteiger partial charge < -0.3 is 28.6 Å². The number of carbonyl (C=O) groups excluding carboxylic acids is 3. The number of quaternary nitrogens is 1. The highest BCUT2D eigenvalue weighted by molar-refractivity contribution is 5.70. The highest BCUT2D eigenvalue weighted by Crippen LogP contribution is 2.13. The molecule has 8 heteroatoms. The molecule has 0 heterocycles. The van der Waals surface area contributed by atoms with Gasteiger partial charge in [0.05, 0.1) is 40.3 Å². The van der Waals surface area contributed by atoms with Crippen LogP contribution in [-0.4, -0.2) is 75.5 Å². The van der Waals surface area contributed by atoms with E-state index in [4.69, 9.17) is 14.2 Å². The highest BCUT2D eigenvalue weighted by atomic mass is 16.6. The van der Waals surface area contributed by atoms with Crippen molar-refractivity contribution in [2.24, 2.45) is 0 Å². The lowest BCUT2D eigenvalue weighted by molar-refractivity contribution is -0.889. The van der Waals surface area contributed by atoms with Crippen LogP contribution in [0.4, 0.5) is 0 Å². The Kier molecular flexibility index (Phi) is 30.2. The van der Waals surface area contributed by atoms with E-state index in [-0.39, 0.29) is 42.7 Å². The zero-order chi connectivity index (χ0) is 35.7. The van der Waals surface area contributed by atoms with E-state index >= 15 is 0 Å². The molecule has 8 nitrogen and oxygen atoms in total. The van der Waals surface area contributed by atoms with Crippen molar-refractivity contribution >= 4 is 17.9 Å². The monoisotopic (exact) mass is 678 g/mol. The van der Waals surface area contributed by atoms with Crippen LogP contribution in [-0.2, 0) is 28.6 Å². The van der Waals surface area contributed by atoms with Gasteiger partial charge in [-0.15, -0.1) is 0 Å². The summed E-state index contributed by atoms with van der Waals surface area (Å²) in [5, 5.41) is 11.6. The van der Waals surface area contributed by atoms with Crippen molar-refractivity contribution < 1.29 is 38.2 Å². The van der Waals surface area contributed by atoms with Gasteiger partial charge >= 0.3 is 11.9 Å². The summed E-state index contributed by atoms with van der Waals surface area (Å²) in [5.74, 6) is -1.76. The SMILES string of the molecule is CC/C=C/C/C=C/C/C=C/CCCCCCCCC(=O)OCC(COCCC(C(=O)[O-])[N+](C)(C)C)OC(=O)CCCCCCCCCC. The van der Waals surface area contributed by atoms with Crippen LogP contribution < -0.4 is 5.11 Å². The first kappa shape index (κ1) is 45.6. The average molecular weight is 678 g/mol. The second-order valence-electron chi connectivity index (χ2n) is 13.8. The lowest BCUT2D eigenvalue weighted by Gasteiger charge is -2.34. The molecule has 0 spiro atoms. The molecule has 0 bridgehead atoms. The van der Waals surface area contributed by atoms with E-state index in [0.29, 0.717) is 12.8 Å². The first-order valence-electron chi connectivity index (χ1n) is 19.0. The number of aliphatic carboxylic acids is 1. The second kappa shape index (κ2) is 31.8. The van der Waals surface area contributed by atoms with Crippen LogP contribution in [0.2, 0.25) is 0 Å². The first-order valence-corrected chi connectivity index (χ1v) is 19.0. The van der Waals surface area contributed by atoms with Gasteiger partial charge in [-0.25, -0.2) is 0 Å². The summed E-state index contributed by atoms with van der Waals surface area (Å²) in [5.41, 5.74) is 0. The average Bonchev–Trinajstić information content (AvgIpc) is 3.03. The Labute approximate surface area is 293 Å². The third-order valence-electron chi connectivity index (χ3n) is 8.29. The van der Waals surface area contributed by atoms with Gasteiger partial charge in [0.15, 0.2) is 6.10 Å². The standard InChI is InChI=1S/C40H71NO7/c1-6-8-10-12-14-16-17-18-19-20-21-22-23-25-26-28-30-38(42)47-35-36(34-46-33-32-37(40(44)45)41(3,4)5)48-39(43)31-29-27-24-15-13-11-9-7-2/h8,10,14,16,18-19,36-37H,6-7,9,11-13,15,17,20-35H2,1-5H3/b10-8+,16-14+,19-18+. The van der Waals surface area contributed by atoms with Crippen molar-refractivity contribution in [2.75, 3.05) is 41.0 Å². The molecule has 2 atom stereocenters. The van der Waals surface area contributed by atoms with E-state index in [1.807, 2.05) is 0 Å². The van der Waals surface area contributed by atoms with Gasteiger partial charge in [-0.3, -0.25) is 9.59 Å². The minimum atomic E-state index is -1.13. The van der Waals surface area contributed by atoms with Crippen molar-refractivity contribution in [3.63, 3.8) is 0 Å². The third-order valence-corrected chi connectivity index (χ3v) is 8.29. The van der Waals surface area contributed by atoms with Gasteiger partial charge in [0, 0.05) is 19.3 Å². The normalized spacial score (nSPS) is 13.4. The number of rotatable bonds is 33. The Bertz CT molecular complexity index is 891. The quantitative estimate of drug-likeness (QED) is 0.0299. The van der Waals surface area contributed by atoms with Gasteiger partial charge in [-0.1, -0.05) is 121 Å². The molecule has 0 N–H and O–H groups in total. The predicted octanol–water partition coefficient (Wildman–Crippen LogP) is 8.18. The number of hydrogen-bond donors (Lipinski definition) is 0. The van der Waals surface area contributed by atoms with Crippen LogP contribution in [0, 0.1) is 0 Å². The van der Waals surface area contributed by atoms with Gasteiger partial charge in [-0.05, 0) is 44.9 Å². The maximum absolute atomic E-state index is 12.6. The van der Waals surface area contributed by atoms with Crippen LogP contribution in [0.5, 0.6) is 0 Å². The van der Waals surface area contributed by atoms with E-state index in [2.05, 4.69) is 50.3 Å². The predicted molar refractivity (Wildman–Crippen MR) is 194 cm³/mol. The summed E-state index contributed by atoms with van der Waals surface area (Å²) >= 11 is 0. The maximum Gasteiger partial charge on any atom is 0.306 e. The van der Waals surface area contributed by atoms with Crippen LogP contribution in [0.3, 0.4) is 0 Å². The number of carbonyl (C=O) groups is 3. The number of carboxylic acids is 1. The molecule has 48 heavy (non-hydrogen) atoms. The summed E-state index contributed by atoms with van der Waals surface area (Å²) < 4.78 is 17.0. The number of esters is 2. The topological polar surface area (TPSA) is 102 Å². The van der Waals surface area contributed by atoms with E-state index in [1.54, 1.807) is 21.1 Å². The lowest BCUT2D eigenvalue weighted by atomic mass is 10.1. The Morgan fingerprint density at radius 2 is 1.17 bits per heavy atom. The molecule has 0 aliphatic carbocycles. The molecule has 0 rings (SSSR count). The van der Waals surface area contributed by atoms with Gasteiger partial charge in [0.1, 0.15) is 12.6 Å². The second-order valence-corrected chi connectivity index (χ2v) is 13.8. The van der Waals surface area contributed by atoms with E-state index in [0.717, 1.165) is 70.6 Å². The summed E-state index contributed by atoms with van der Waals surface area (Å²) in [6, 6.07) is -0.724. The zero-order valence-electron chi connectivity index (χ0n) is 31.4. The molecule has 2 unspecified atom stereocenters. The Hall–Kier alpha value is -2.45. The Morgan fingerprint density at radius 3 is 1.73 bits per heavy atom. The van der Waals surface area contributed by atoms with Crippen molar-refractivity contribution in [3.05, 3.63) is 36.5 Å². The number of allylic oxidation sites excluding steroid dienone is 6. The molecule has 0 aliphatic rings. The molecule has 0 saturated heterocycles. The molecular formula is C40H71NO7. The van der Waals surface area contributed by atoms with E-state index < -0.39 is 18.1 Å². The molecule has 0 saturated carbocycles. The van der Waals surface area contributed by atoms with Crippen LogP contribution >= 0.6 is 0 Å². The van der Waals surface area contributed by atoms with Gasteiger partial charge in [0.25, 0.3) is 0 Å². The van der Waals surface area contributed by atoms with Gasteiger partial charge in [-0.2, -0.15) is 0 Å².